The molecule has 23 heavy (non-hydrogen) atoms. The first kappa shape index (κ1) is 15.6. The van der Waals surface area contributed by atoms with E-state index in [-0.39, 0.29) is 11.5 Å². The summed E-state index contributed by atoms with van der Waals surface area (Å²) >= 11 is 5.85. The summed E-state index contributed by atoms with van der Waals surface area (Å²) in [6, 6.07) is 6.74. The number of amides is 1. The zero-order valence-corrected chi connectivity index (χ0v) is 13.5. The highest BCUT2D eigenvalue weighted by molar-refractivity contribution is 6.30. The van der Waals surface area contributed by atoms with E-state index in [1.165, 1.54) is 10.6 Å². The van der Waals surface area contributed by atoms with E-state index in [1.807, 2.05) is 6.07 Å². The second kappa shape index (κ2) is 6.42. The minimum absolute atomic E-state index is 0.105. The molecule has 1 aliphatic rings. The zero-order valence-electron chi connectivity index (χ0n) is 12.8. The number of nitrogens with zero attached hydrogens (tertiary/aromatic N) is 4. The summed E-state index contributed by atoms with van der Waals surface area (Å²) in [4.78, 5) is 32.3. The molecule has 120 valence electrons. The maximum Gasteiger partial charge on any atom is 0.254 e. The van der Waals surface area contributed by atoms with Crippen LogP contribution >= 0.6 is 11.6 Å². The van der Waals surface area contributed by atoms with E-state index < -0.39 is 0 Å². The van der Waals surface area contributed by atoms with Crippen molar-refractivity contribution in [3.63, 3.8) is 0 Å². The molecule has 0 radical (unpaired) electrons. The van der Waals surface area contributed by atoms with Crippen LogP contribution in [0.15, 0.2) is 41.5 Å². The van der Waals surface area contributed by atoms with Crippen LogP contribution in [0.4, 0.5) is 5.82 Å². The van der Waals surface area contributed by atoms with Crippen molar-refractivity contribution in [1.29, 1.82) is 0 Å². The molecule has 0 atom stereocenters. The van der Waals surface area contributed by atoms with Crippen LogP contribution in [0.3, 0.4) is 0 Å². The standard InChI is InChI=1S/C16H17ClN4O2/c1-19-5-4-12(10-15(19)22)16(23)21-8-6-20(7-9-21)14-3-2-13(17)11-18-14/h2-5,10-11H,6-9H2,1H3. The van der Waals surface area contributed by atoms with Crippen molar-refractivity contribution in [3.05, 3.63) is 57.6 Å². The van der Waals surface area contributed by atoms with Crippen molar-refractivity contribution in [2.75, 3.05) is 31.1 Å². The first-order valence-corrected chi connectivity index (χ1v) is 7.75. The summed E-state index contributed by atoms with van der Waals surface area (Å²) in [5.74, 6) is 0.751. The number of rotatable bonds is 2. The van der Waals surface area contributed by atoms with Gasteiger partial charge in [0.25, 0.3) is 11.5 Å². The Kier molecular flexibility index (Phi) is 4.34. The molecule has 0 unspecified atom stereocenters. The fourth-order valence-corrected chi connectivity index (χ4v) is 2.67. The molecule has 0 bridgehead atoms. The number of carbonyl (C=O) groups is 1. The van der Waals surface area contributed by atoms with Crippen LogP contribution in [0.5, 0.6) is 0 Å². The Morgan fingerprint density at radius 2 is 1.91 bits per heavy atom. The predicted octanol–water partition coefficient (Wildman–Crippen LogP) is 1.40. The average molecular weight is 333 g/mol. The molecule has 0 N–H and O–H groups in total. The molecule has 1 amide bonds. The molecule has 1 saturated heterocycles. The van der Waals surface area contributed by atoms with Crippen LogP contribution in [0.1, 0.15) is 10.4 Å². The van der Waals surface area contributed by atoms with Crippen LogP contribution in [-0.4, -0.2) is 46.5 Å². The van der Waals surface area contributed by atoms with Crippen LogP contribution in [0, 0.1) is 0 Å². The summed E-state index contributed by atoms with van der Waals surface area (Å²) in [5, 5.41) is 0.605. The first-order chi connectivity index (χ1) is 11.0. The Morgan fingerprint density at radius 3 is 2.52 bits per heavy atom. The summed E-state index contributed by atoms with van der Waals surface area (Å²) < 4.78 is 1.45. The van der Waals surface area contributed by atoms with Gasteiger partial charge in [0.15, 0.2) is 0 Å². The quantitative estimate of drug-likeness (QED) is 0.834. The number of hydrogen-bond donors (Lipinski definition) is 0. The molecule has 0 saturated carbocycles. The molecule has 6 nitrogen and oxygen atoms in total. The van der Waals surface area contributed by atoms with E-state index in [0.717, 1.165) is 5.82 Å². The number of aromatic nitrogens is 2. The third kappa shape index (κ3) is 3.37. The second-order valence-corrected chi connectivity index (χ2v) is 5.91. The number of anilines is 1. The lowest BCUT2D eigenvalue weighted by atomic mass is 10.2. The van der Waals surface area contributed by atoms with Gasteiger partial charge in [0.05, 0.1) is 5.02 Å². The van der Waals surface area contributed by atoms with E-state index in [4.69, 9.17) is 11.6 Å². The SMILES string of the molecule is Cn1ccc(C(=O)N2CCN(c3ccc(Cl)cn3)CC2)cc1=O. The molecule has 3 heterocycles. The van der Waals surface area contributed by atoms with Gasteiger partial charge in [-0.25, -0.2) is 4.98 Å². The van der Waals surface area contributed by atoms with Gasteiger partial charge in [0.1, 0.15) is 5.82 Å². The van der Waals surface area contributed by atoms with Crippen molar-refractivity contribution in [1.82, 2.24) is 14.5 Å². The molecule has 2 aromatic rings. The van der Waals surface area contributed by atoms with Gasteiger partial charge in [-0.2, -0.15) is 0 Å². The zero-order chi connectivity index (χ0) is 16.4. The van der Waals surface area contributed by atoms with E-state index in [0.29, 0.717) is 36.8 Å². The Labute approximate surface area is 138 Å². The fourth-order valence-electron chi connectivity index (χ4n) is 2.56. The molecule has 1 fully saturated rings. The minimum Gasteiger partial charge on any atom is -0.353 e. The molecule has 2 aromatic heterocycles. The third-order valence-corrected chi connectivity index (χ3v) is 4.18. The molecule has 7 heteroatoms. The van der Waals surface area contributed by atoms with E-state index in [9.17, 15) is 9.59 Å². The van der Waals surface area contributed by atoms with E-state index >= 15 is 0 Å². The van der Waals surface area contributed by atoms with Gasteiger partial charge in [0.2, 0.25) is 0 Å². The van der Waals surface area contributed by atoms with Crippen LogP contribution in [0.2, 0.25) is 5.02 Å². The number of carbonyl (C=O) groups excluding carboxylic acids is 1. The van der Waals surface area contributed by atoms with Gasteiger partial charge in [-0.15, -0.1) is 0 Å². The Hall–Kier alpha value is -2.34. The topological polar surface area (TPSA) is 58.4 Å². The number of aryl methyl sites for hydroxylation is 1. The van der Waals surface area contributed by atoms with Gasteiger partial charge in [-0.05, 0) is 18.2 Å². The Bertz CT molecular complexity index is 764. The Morgan fingerprint density at radius 1 is 1.17 bits per heavy atom. The van der Waals surface area contributed by atoms with Gasteiger partial charge >= 0.3 is 0 Å². The van der Waals surface area contributed by atoms with Gasteiger partial charge in [0, 0.05) is 57.3 Å². The highest BCUT2D eigenvalue weighted by Gasteiger charge is 2.23. The first-order valence-electron chi connectivity index (χ1n) is 7.37. The minimum atomic E-state index is -0.181. The number of halogens is 1. The summed E-state index contributed by atoms with van der Waals surface area (Å²) in [5.41, 5.74) is 0.256. The van der Waals surface area contributed by atoms with Crippen LogP contribution in [0.25, 0.3) is 0 Å². The highest BCUT2D eigenvalue weighted by atomic mass is 35.5. The molecule has 1 aliphatic heterocycles. The molecule has 0 aliphatic carbocycles. The number of piperazine rings is 1. The smallest absolute Gasteiger partial charge is 0.254 e. The van der Waals surface area contributed by atoms with Crippen molar-refractivity contribution < 1.29 is 4.79 Å². The normalized spacial score (nSPS) is 14.9. The van der Waals surface area contributed by atoms with Crippen molar-refractivity contribution in [3.8, 4) is 0 Å². The average Bonchev–Trinajstić information content (AvgIpc) is 2.57. The van der Waals surface area contributed by atoms with E-state index in [1.54, 1.807) is 36.5 Å². The van der Waals surface area contributed by atoms with Crippen LogP contribution in [-0.2, 0) is 7.05 Å². The van der Waals surface area contributed by atoms with Gasteiger partial charge in [-0.1, -0.05) is 11.6 Å². The monoisotopic (exact) mass is 332 g/mol. The van der Waals surface area contributed by atoms with Crippen LogP contribution < -0.4 is 10.5 Å². The lowest BCUT2D eigenvalue weighted by molar-refractivity contribution is 0.0746. The summed E-state index contributed by atoms with van der Waals surface area (Å²) in [6.45, 7) is 2.59. The third-order valence-electron chi connectivity index (χ3n) is 3.95. The van der Waals surface area contributed by atoms with Crippen molar-refractivity contribution in [2.45, 2.75) is 0 Å². The summed E-state index contributed by atoms with van der Waals surface area (Å²) in [6.07, 6.45) is 3.23. The molecular formula is C16H17ClN4O2. The maximum absolute atomic E-state index is 12.5. The summed E-state index contributed by atoms with van der Waals surface area (Å²) in [7, 11) is 1.66. The van der Waals surface area contributed by atoms with Crippen molar-refractivity contribution >= 4 is 23.3 Å². The van der Waals surface area contributed by atoms with Gasteiger partial charge < -0.3 is 14.4 Å². The predicted molar refractivity (Wildman–Crippen MR) is 89.0 cm³/mol. The van der Waals surface area contributed by atoms with E-state index in [2.05, 4.69) is 9.88 Å². The number of hydrogen-bond acceptors (Lipinski definition) is 4. The number of pyridine rings is 2. The lowest BCUT2D eigenvalue weighted by Gasteiger charge is -2.35. The largest absolute Gasteiger partial charge is 0.353 e. The fraction of sp³-hybridized carbons (Fsp3) is 0.312. The molecular weight excluding hydrogens is 316 g/mol. The molecule has 3 rings (SSSR count). The Balaban J connectivity index is 1.66. The van der Waals surface area contributed by atoms with Crippen molar-refractivity contribution in [2.24, 2.45) is 7.05 Å². The van der Waals surface area contributed by atoms with Gasteiger partial charge in [-0.3, -0.25) is 9.59 Å². The molecule has 0 aromatic carbocycles. The second-order valence-electron chi connectivity index (χ2n) is 5.48. The highest BCUT2D eigenvalue weighted by Crippen LogP contribution is 2.17. The molecule has 0 spiro atoms. The lowest BCUT2D eigenvalue weighted by Crippen LogP contribution is -2.49. The maximum atomic E-state index is 12.5.